The van der Waals surface area contributed by atoms with Gasteiger partial charge in [-0.05, 0) is 31.4 Å². The van der Waals surface area contributed by atoms with Gasteiger partial charge >= 0.3 is 5.97 Å². The van der Waals surface area contributed by atoms with Crippen LogP contribution in [0.5, 0.6) is 0 Å². The van der Waals surface area contributed by atoms with Crippen LogP contribution in [0.1, 0.15) is 31.4 Å². The van der Waals surface area contributed by atoms with E-state index in [4.69, 9.17) is 4.74 Å². The summed E-state index contributed by atoms with van der Waals surface area (Å²) in [6, 6.07) is 20.9. The molecule has 1 aliphatic rings. The van der Waals surface area contributed by atoms with Crippen molar-refractivity contribution in [2.75, 3.05) is 5.75 Å². The fraction of sp³-hybridized carbons (Fsp3) is 0.409. The van der Waals surface area contributed by atoms with Crippen LogP contribution in [0.25, 0.3) is 0 Å². The number of hydrogen-bond acceptors (Lipinski definition) is 4. The maximum absolute atomic E-state index is 12.3. The molecule has 2 unspecified atom stereocenters. The summed E-state index contributed by atoms with van der Waals surface area (Å²) in [5.41, 5.74) is 2.61. The van der Waals surface area contributed by atoms with Crippen LogP contribution >= 0.6 is 23.5 Å². The van der Waals surface area contributed by atoms with Crippen LogP contribution in [0.2, 0.25) is 0 Å². The highest BCUT2D eigenvalue weighted by Gasteiger charge is 2.43. The van der Waals surface area contributed by atoms with Crippen molar-refractivity contribution in [3.05, 3.63) is 71.8 Å². The minimum Gasteiger partial charge on any atom is -0.461 e. The van der Waals surface area contributed by atoms with E-state index in [1.54, 1.807) is 0 Å². The molecule has 2 aromatic carbocycles. The smallest absolute Gasteiger partial charge is 0.310 e. The predicted molar refractivity (Wildman–Crippen MR) is 112 cm³/mol. The van der Waals surface area contributed by atoms with Crippen LogP contribution in [-0.2, 0) is 21.0 Å². The van der Waals surface area contributed by atoms with E-state index in [-0.39, 0.29) is 22.7 Å². The monoisotopic (exact) mass is 386 g/mol. The van der Waals surface area contributed by atoms with Crippen LogP contribution in [0, 0.1) is 5.92 Å². The highest BCUT2D eigenvalue weighted by molar-refractivity contribution is 7.99. The summed E-state index contributed by atoms with van der Waals surface area (Å²) in [5, 5.41) is 0. The van der Waals surface area contributed by atoms with Crippen molar-refractivity contribution < 1.29 is 9.53 Å². The molecule has 1 aliphatic heterocycles. The van der Waals surface area contributed by atoms with E-state index in [0.717, 1.165) is 23.7 Å². The Morgan fingerprint density at radius 3 is 2.15 bits per heavy atom. The lowest BCUT2D eigenvalue weighted by molar-refractivity contribution is -0.144. The number of benzene rings is 2. The Morgan fingerprint density at radius 1 is 0.962 bits per heavy atom. The largest absolute Gasteiger partial charge is 0.461 e. The van der Waals surface area contributed by atoms with Gasteiger partial charge in [0.2, 0.25) is 0 Å². The molecule has 4 heteroatoms. The molecule has 0 saturated carbocycles. The number of esters is 1. The molecule has 0 aliphatic carbocycles. The topological polar surface area (TPSA) is 26.3 Å². The van der Waals surface area contributed by atoms with Crippen LogP contribution < -0.4 is 0 Å². The molecule has 1 fully saturated rings. The molecular formula is C22H26O2S2. The van der Waals surface area contributed by atoms with Crippen molar-refractivity contribution in [1.29, 1.82) is 0 Å². The summed E-state index contributed by atoms with van der Waals surface area (Å²) in [6.45, 7) is 4.39. The zero-order valence-electron chi connectivity index (χ0n) is 15.4. The Morgan fingerprint density at radius 2 is 1.54 bits per heavy atom. The van der Waals surface area contributed by atoms with Crippen molar-refractivity contribution >= 4 is 29.5 Å². The number of cyclic esters (lactones) is 1. The van der Waals surface area contributed by atoms with E-state index in [2.05, 4.69) is 62.4 Å². The molecule has 2 aromatic rings. The maximum atomic E-state index is 12.3. The zero-order chi connectivity index (χ0) is 18.4. The summed E-state index contributed by atoms with van der Waals surface area (Å²) in [5.74, 6) is 2.72. The summed E-state index contributed by atoms with van der Waals surface area (Å²) in [4.78, 5) is 12.3. The van der Waals surface area contributed by atoms with Gasteiger partial charge in [0.15, 0.2) is 0 Å². The molecule has 138 valence electrons. The Balaban J connectivity index is 1.48. The average Bonchev–Trinajstić information content (AvgIpc) is 3.04. The first-order chi connectivity index (χ1) is 12.5. The van der Waals surface area contributed by atoms with Gasteiger partial charge in [-0.15, -0.1) is 11.8 Å². The van der Waals surface area contributed by atoms with Crippen molar-refractivity contribution in [2.24, 2.45) is 5.92 Å². The summed E-state index contributed by atoms with van der Waals surface area (Å²) >= 11 is 3.69. The van der Waals surface area contributed by atoms with E-state index in [1.807, 2.05) is 35.7 Å². The number of thioether (sulfide) groups is 2. The third-order valence-electron chi connectivity index (χ3n) is 4.75. The highest BCUT2D eigenvalue weighted by atomic mass is 32.2. The molecule has 0 radical (unpaired) electrons. The van der Waals surface area contributed by atoms with E-state index < -0.39 is 0 Å². The Labute approximate surface area is 165 Å². The van der Waals surface area contributed by atoms with E-state index in [0.29, 0.717) is 0 Å². The molecule has 0 N–H and O–H groups in total. The second-order valence-electron chi connectivity index (χ2n) is 7.24. The van der Waals surface area contributed by atoms with Crippen LogP contribution in [0.15, 0.2) is 60.7 Å². The van der Waals surface area contributed by atoms with Crippen molar-refractivity contribution in [2.45, 2.75) is 42.6 Å². The number of rotatable bonds is 8. The van der Waals surface area contributed by atoms with Gasteiger partial charge in [-0.3, -0.25) is 4.79 Å². The van der Waals surface area contributed by atoms with E-state index in [9.17, 15) is 4.79 Å². The zero-order valence-corrected chi connectivity index (χ0v) is 17.0. The fourth-order valence-electron chi connectivity index (χ4n) is 3.03. The van der Waals surface area contributed by atoms with Crippen molar-refractivity contribution in [3.63, 3.8) is 0 Å². The second-order valence-corrected chi connectivity index (χ2v) is 9.90. The van der Waals surface area contributed by atoms with Crippen LogP contribution in [0.3, 0.4) is 0 Å². The maximum Gasteiger partial charge on any atom is 0.310 e. The first-order valence-corrected chi connectivity index (χ1v) is 11.2. The summed E-state index contributed by atoms with van der Waals surface area (Å²) in [7, 11) is 0. The Hall–Kier alpha value is -1.39. The fourth-order valence-corrected chi connectivity index (χ4v) is 5.19. The van der Waals surface area contributed by atoms with Crippen LogP contribution in [-0.4, -0.2) is 22.6 Å². The summed E-state index contributed by atoms with van der Waals surface area (Å²) in [6.07, 6.45) is 0.820. The minimum absolute atomic E-state index is 0.00830. The quantitative estimate of drug-likeness (QED) is 0.555. The molecular weight excluding hydrogens is 360 g/mol. The Kier molecular flexibility index (Phi) is 6.71. The number of carbonyl (C=O) groups is 1. The minimum atomic E-state index is -0.0790. The molecule has 1 saturated heterocycles. The van der Waals surface area contributed by atoms with Crippen molar-refractivity contribution in [3.8, 4) is 0 Å². The molecule has 2 atom stereocenters. The number of ether oxygens (including phenoxy) is 1. The van der Waals surface area contributed by atoms with E-state index >= 15 is 0 Å². The molecule has 0 bridgehead atoms. The first kappa shape index (κ1) is 19.4. The summed E-state index contributed by atoms with van der Waals surface area (Å²) < 4.78 is 5.68. The van der Waals surface area contributed by atoms with Gasteiger partial charge in [-0.25, -0.2) is 0 Å². The van der Waals surface area contributed by atoms with Crippen molar-refractivity contribution in [1.82, 2.24) is 0 Å². The van der Waals surface area contributed by atoms with Gasteiger partial charge in [0.05, 0.1) is 5.92 Å². The lowest BCUT2D eigenvalue weighted by Crippen LogP contribution is -2.32. The Bertz CT molecular complexity index is 701. The number of carbonyl (C=O) groups excluding carboxylic acids is 1. The standard InChI is InChI=1S/C22H26O2S2/c1-22(2,26-15-18-11-7-4-8-12-18)20-13-19(21(23)24-20)16-25-14-17-9-5-3-6-10-17/h3-12,19-20H,13-16H2,1-2H3. The molecule has 3 rings (SSSR count). The SMILES string of the molecule is CC(C)(SCc1ccccc1)C1CC(CSCc2ccccc2)C(=O)O1. The van der Waals surface area contributed by atoms with Gasteiger partial charge in [-0.1, -0.05) is 60.7 Å². The van der Waals surface area contributed by atoms with Gasteiger partial charge in [0, 0.05) is 22.0 Å². The predicted octanol–water partition coefficient (Wildman–Crippen LogP) is 5.56. The van der Waals surface area contributed by atoms with E-state index in [1.165, 1.54) is 11.1 Å². The number of hydrogen-bond donors (Lipinski definition) is 0. The molecule has 0 aromatic heterocycles. The van der Waals surface area contributed by atoms with Crippen LogP contribution in [0.4, 0.5) is 0 Å². The average molecular weight is 387 g/mol. The highest BCUT2D eigenvalue weighted by Crippen LogP contribution is 2.40. The lowest BCUT2D eigenvalue weighted by Gasteiger charge is -2.29. The molecule has 1 heterocycles. The third kappa shape index (κ3) is 5.31. The third-order valence-corrected chi connectivity index (χ3v) is 7.41. The second kappa shape index (κ2) is 9.01. The van der Waals surface area contributed by atoms with Gasteiger partial charge < -0.3 is 4.74 Å². The molecule has 0 amide bonds. The normalized spacial score (nSPS) is 20.2. The first-order valence-electron chi connectivity index (χ1n) is 9.04. The lowest BCUT2D eigenvalue weighted by atomic mass is 9.99. The van der Waals surface area contributed by atoms with Gasteiger partial charge in [0.1, 0.15) is 6.10 Å². The molecule has 2 nitrogen and oxygen atoms in total. The van der Waals surface area contributed by atoms with Gasteiger partial charge in [-0.2, -0.15) is 11.8 Å². The molecule has 0 spiro atoms. The van der Waals surface area contributed by atoms with Gasteiger partial charge in [0.25, 0.3) is 0 Å². The molecule has 26 heavy (non-hydrogen) atoms.